The lowest BCUT2D eigenvalue weighted by Crippen LogP contribution is -2.06. The zero-order valence-electron chi connectivity index (χ0n) is 15.1. The van der Waals surface area contributed by atoms with E-state index in [0.717, 1.165) is 27.5 Å². The third-order valence-electron chi connectivity index (χ3n) is 3.93. The highest BCUT2D eigenvalue weighted by molar-refractivity contribution is 7.13. The van der Waals surface area contributed by atoms with Crippen molar-refractivity contribution in [3.8, 4) is 27.8 Å². The van der Waals surface area contributed by atoms with E-state index in [9.17, 15) is 0 Å². The van der Waals surface area contributed by atoms with Gasteiger partial charge in [0.05, 0.1) is 27.0 Å². The molecular weight excluding hydrogens is 348 g/mol. The summed E-state index contributed by atoms with van der Waals surface area (Å²) in [7, 11) is 6.53. The fraction of sp³-hybridized carbons (Fsp3) is 0.200. The summed E-state index contributed by atoms with van der Waals surface area (Å²) in [4.78, 5) is 9.21. The van der Waals surface area contributed by atoms with Gasteiger partial charge in [0.25, 0.3) is 0 Å². The van der Waals surface area contributed by atoms with E-state index < -0.39 is 0 Å². The number of benzene rings is 2. The lowest BCUT2D eigenvalue weighted by Gasteiger charge is -2.14. The Kier molecular flexibility index (Phi) is 5.53. The Morgan fingerprint density at radius 2 is 1.62 bits per heavy atom. The van der Waals surface area contributed by atoms with E-state index in [-0.39, 0.29) is 0 Å². The summed E-state index contributed by atoms with van der Waals surface area (Å²) < 4.78 is 16.3. The SMILES string of the molecule is CN=C(c1cc(OC)c(OC)c(OC)c1)c1csc(-c2ccccc2)n1. The van der Waals surface area contributed by atoms with Crippen molar-refractivity contribution in [1.29, 1.82) is 0 Å². The van der Waals surface area contributed by atoms with Crippen LogP contribution in [0.2, 0.25) is 0 Å². The van der Waals surface area contributed by atoms with Crippen molar-refractivity contribution in [2.24, 2.45) is 4.99 Å². The number of hydrogen-bond acceptors (Lipinski definition) is 6. The molecule has 1 heterocycles. The Morgan fingerprint density at radius 1 is 0.962 bits per heavy atom. The smallest absolute Gasteiger partial charge is 0.203 e. The van der Waals surface area contributed by atoms with Gasteiger partial charge in [0, 0.05) is 23.6 Å². The van der Waals surface area contributed by atoms with Gasteiger partial charge in [0.15, 0.2) is 11.5 Å². The van der Waals surface area contributed by atoms with Gasteiger partial charge in [-0.15, -0.1) is 11.3 Å². The van der Waals surface area contributed by atoms with Crippen molar-refractivity contribution in [3.63, 3.8) is 0 Å². The van der Waals surface area contributed by atoms with E-state index >= 15 is 0 Å². The van der Waals surface area contributed by atoms with Crippen LogP contribution in [0.1, 0.15) is 11.3 Å². The third kappa shape index (κ3) is 3.41. The molecule has 0 bridgehead atoms. The molecule has 3 rings (SSSR count). The van der Waals surface area contributed by atoms with Crippen molar-refractivity contribution in [2.45, 2.75) is 0 Å². The molecule has 0 saturated heterocycles. The zero-order chi connectivity index (χ0) is 18.5. The van der Waals surface area contributed by atoms with Gasteiger partial charge in [-0.3, -0.25) is 4.99 Å². The maximum Gasteiger partial charge on any atom is 0.203 e. The minimum absolute atomic E-state index is 0.553. The van der Waals surface area contributed by atoms with Crippen LogP contribution in [-0.2, 0) is 0 Å². The number of nitrogens with zero attached hydrogens (tertiary/aromatic N) is 2. The fourth-order valence-corrected chi connectivity index (χ4v) is 3.52. The molecule has 0 amide bonds. The van der Waals surface area contributed by atoms with Gasteiger partial charge in [-0.2, -0.15) is 0 Å². The number of aromatic nitrogens is 1. The topological polar surface area (TPSA) is 52.9 Å². The van der Waals surface area contributed by atoms with E-state index in [2.05, 4.69) is 4.99 Å². The summed E-state index contributed by atoms with van der Waals surface area (Å²) in [5.74, 6) is 1.72. The first-order valence-corrected chi connectivity index (χ1v) is 8.88. The van der Waals surface area contributed by atoms with E-state index in [1.54, 1.807) is 39.7 Å². The normalized spacial score (nSPS) is 11.3. The minimum Gasteiger partial charge on any atom is -0.493 e. The highest BCUT2D eigenvalue weighted by Gasteiger charge is 2.18. The molecule has 0 saturated carbocycles. The number of aliphatic imine (C=N–C) groups is 1. The van der Waals surface area contributed by atoms with E-state index in [1.807, 2.05) is 47.8 Å². The van der Waals surface area contributed by atoms with Crippen LogP contribution >= 0.6 is 11.3 Å². The summed E-state index contributed by atoms with van der Waals surface area (Å²) in [6.45, 7) is 0. The molecule has 0 aliphatic rings. The highest BCUT2D eigenvalue weighted by atomic mass is 32.1. The largest absolute Gasteiger partial charge is 0.493 e. The molecule has 0 atom stereocenters. The summed E-state index contributed by atoms with van der Waals surface area (Å²) in [5, 5.41) is 2.96. The van der Waals surface area contributed by atoms with Gasteiger partial charge >= 0.3 is 0 Å². The van der Waals surface area contributed by atoms with Crippen LogP contribution < -0.4 is 14.2 Å². The predicted molar refractivity (Wildman–Crippen MR) is 105 cm³/mol. The van der Waals surface area contributed by atoms with Crippen molar-refractivity contribution in [3.05, 3.63) is 59.1 Å². The standard InChI is InChI=1S/C20H20N2O3S/c1-21-18(14-10-16(23-2)19(25-4)17(11-14)24-3)15-12-26-20(22-15)13-8-6-5-7-9-13/h5-12H,1-4H3. The molecule has 1 aromatic heterocycles. The van der Waals surface area contributed by atoms with Gasteiger partial charge in [0.1, 0.15) is 10.7 Å². The first-order valence-electron chi connectivity index (χ1n) is 8.00. The Balaban J connectivity index is 2.04. The summed E-state index contributed by atoms with van der Waals surface area (Å²) in [5.41, 5.74) is 3.52. The molecule has 0 N–H and O–H groups in total. The molecule has 134 valence electrons. The molecule has 0 fully saturated rings. The van der Waals surface area contributed by atoms with Crippen LogP contribution in [-0.4, -0.2) is 39.1 Å². The first-order chi connectivity index (χ1) is 12.7. The molecule has 5 nitrogen and oxygen atoms in total. The van der Waals surface area contributed by atoms with Crippen molar-refractivity contribution < 1.29 is 14.2 Å². The van der Waals surface area contributed by atoms with Crippen LogP contribution in [0.3, 0.4) is 0 Å². The van der Waals surface area contributed by atoms with E-state index in [1.165, 1.54) is 0 Å². The Morgan fingerprint density at radius 3 is 2.15 bits per heavy atom. The fourth-order valence-electron chi connectivity index (χ4n) is 2.71. The number of thiazole rings is 1. The molecule has 6 heteroatoms. The van der Waals surface area contributed by atoms with Crippen LogP contribution in [0.15, 0.2) is 52.8 Å². The van der Waals surface area contributed by atoms with Crippen LogP contribution in [0.5, 0.6) is 17.2 Å². The van der Waals surface area contributed by atoms with Crippen LogP contribution in [0, 0.1) is 0 Å². The number of rotatable bonds is 6. The van der Waals surface area contributed by atoms with Gasteiger partial charge < -0.3 is 14.2 Å². The predicted octanol–water partition coefficient (Wildman–Crippen LogP) is 4.30. The van der Waals surface area contributed by atoms with Gasteiger partial charge in [-0.05, 0) is 12.1 Å². The molecule has 0 aliphatic heterocycles. The molecule has 3 aromatic rings. The van der Waals surface area contributed by atoms with Crippen molar-refractivity contribution in [2.75, 3.05) is 28.4 Å². The molecular formula is C20H20N2O3S. The van der Waals surface area contributed by atoms with Crippen molar-refractivity contribution >= 4 is 17.0 Å². The average Bonchev–Trinajstić information content (AvgIpc) is 3.18. The number of methoxy groups -OCH3 is 3. The average molecular weight is 368 g/mol. The second-order valence-electron chi connectivity index (χ2n) is 5.39. The quantitative estimate of drug-likeness (QED) is 0.609. The minimum atomic E-state index is 0.553. The van der Waals surface area contributed by atoms with E-state index in [4.69, 9.17) is 19.2 Å². The number of hydrogen-bond donors (Lipinski definition) is 0. The molecule has 26 heavy (non-hydrogen) atoms. The zero-order valence-corrected chi connectivity index (χ0v) is 16.0. The Labute approximate surface area is 156 Å². The maximum absolute atomic E-state index is 5.45. The number of ether oxygens (including phenoxy) is 3. The van der Waals surface area contributed by atoms with Crippen LogP contribution in [0.4, 0.5) is 0 Å². The summed E-state index contributed by atoms with van der Waals surface area (Å²) >= 11 is 1.59. The molecule has 0 radical (unpaired) electrons. The summed E-state index contributed by atoms with van der Waals surface area (Å²) in [6.07, 6.45) is 0. The molecule has 0 aliphatic carbocycles. The molecule has 0 spiro atoms. The van der Waals surface area contributed by atoms with Crippen molar-refractivity contribution in [1.82, 2.24) is 4.98 Å². The third-order valence-corrected chi connectivity index (χ3v) is 4.82. The monoisotopic (exact) mass is 368 g/mol. The molecule has 2 aromatic carbocycles. The van der Waals surface area contributed by atoms with Gasteiger partial charge in [-0.1, -0.05) is 30.3 Å². The first kappa shape index (κ1) is 17.9. The Bertz CT molecular complexity index is 895. The second kappa shape index (κ2) is 8.01. The van der Waals surface area contributed by atoms with Crippen LogP contribution in [0.25, 0.3) is 10.6 Å². The van der Waals surface area contributed by atoms with Gasteiger partial charge in [-0.25, -0.2) is 4.98 Å². The van der Waals surface area contributed by atoms with E-state index in [0.29, 0.717) is 17.2 Å². The maximum atomic E-state index is 5.45. The van der Waals surface area contributed by atoms with Gasteiger partial charge in [0.2, 0.25) is 5.75 Å². The Hall–Kier alpha value is -2.86. The lowest BCUT2D eigenvalue weighted by molar-refractivity contribution is 0.324. The molecule has 0 unspecified atom stereocenters. The lowest BCUT2D eigenvalue weighted by atomic mass is 10.1. The second-order valence-corrected chi connectivity index (χ2v) is 6.25. The summed E-state index contributed by atoms with van der Waals surface area (Å²) in [6, 6.07) is 13.9. The highest BCUT2D eigenvalue weighted by Crippen LogP contribution is 2.39.